The van der Waals surface area contributed by atoms with Gasteiger partial charge in [-0.1, -0.05) is 0 Å². The molecule has 1 aliphatic rings. The van der Waals surface area contributed by atoms with Gasteiger partial charge in [-0.25, -0.2) is 4.98 Å². The van der Waals surface area contributed by atoms with E-state index in [1.807, 2.05) is 18.2 Å². The lowest BCUT2D eigenvalue weighted by Crippen LogP contribution is -2.19. The van der Waals surface area contributed by atoms with Crippen molar-refractivity contribution in [2.24, 2.45) is 5.73 Å². The van der Waals surface area contributed by atoms with Crippen molar-refractivity contribution in [3.8, 4) is 5.75 Å². The maximum atomic E-state index is 5.66. The van der Waals surface area contributed by atoms with Crippen molar-refractivity contribution in [2.45, 2.75) is 25.8 Å². The lowest BCUT2D eigenvalue weighted by molar-refractivity contribution is 0.314. The Morgan fingerprint density at radius 1 is 1.30 bits per heavy atom. The second-order valence-corrected chi connectivity index (χ2v) is 5.34. The quantitative estimate of drug-likeness (QED) is 0.789. The Labute approximate surface area is 119 Å². The summed E-state index contributed by atoms with van der Waals surface area (Å²) in [7, 11) is 0. The van der Waals surface area contributed by atoms with Gasteiger partial charge in [-0.15, -0.1) is 0 Å². The van der Waals surface area contributed by atoms with Gasteiger partial charge < -0.3 is 15.5 Å². The minimum absolute atomic E-state index is 0.659. The van der Waals surface area contributed by atoms with Gasteiger partial charge in [0.15, 0.2) is 0 Å². The number of aromatic amines is 1. The predicted molar refractivity (Wildman–Crippen MR) is 79.8 cm³/mol. The van der Waals surface area contributed by atoms with Crippen LogP contribution in [-0.2, 0) is 6.54 Å². The van der Waals surface area contributed by atoms with E-state index in [-0.39, 0.29) is 0 Å². The average molecular weight is 274 g/mol. The van der Waals surface area contributed by atoms with Crippen LogP contribution in [0.3, 0.4) is 0 Å². The molecule has 5 heteroatoms. The SMILES string of the molecule is NCCCOc1ccc2nc(CN3CCCC3)[nH]c2c1. The fourth-order valence-corrected chi connectivity index (χ4v) is 2.63. The first-order chi connectivity index (χ1) is 9.85. The van der Waals surface area contributed by atoms with Crippen molar-refractivity contribution in [1.82, 2.24) is 14.9 Å². The van der Waals surface area contributed by atoms with Crippen LogP contribution in [0.5, 0.6) is 5.75 Å². The fraction of sp³-hybridized carbons (Fsp3) is 0.533. The summed E-state index contributed by atoms with van der Waals surface area (Å²) in [6.07, 6.45) is 3.49. The van der Waals surface area contributed by atoms with Gasteiger partial charge in [0.2, 0.25) is 0 Å². The summed E-state index contributed by atoms with van der Waals surface area (Å²) in [5.74, 6) is 1.92. The van der Waals surface area contributed by atoms with E-state index in [1.54, 1.807) is 0 Å². The number of ether oxygens (including phenoxy) is 1. The number of likely N-dealkylation sites (tertiary alicyclic amines) is 1. The average Bonchev–Trinajstić information content (AvgIpc) is 3.08. The van der Waals surface area contributed by atoms with Crippen molar-refractivity contribution >= 4 is 11.0 Å². The summed E-state index contributed by atoms with van der Waals surface area (Å²) in [5.41, 5.74) is 7.51. The van der Waals surface area contributed by atoms with Gasteiger partial charge in [0.05, 0.1) is 24.2 Å². The van der Waals surface area contributed by atoms with Gasteiger partial charge >= 0.3 is 0 Å². The Morgan fingerprint density at radius 3 is 2.95 bits per heavy atom. The summed E-state index contributed by atoms with van der Waals surface area (Å²) < 4.78 is 5.66. The molecule has 3 rings (SSSR count). The van der Waals surface area contributed by atoms with Crippen molar-refractivity contribution in [1.29, 1.82) is 0 Å². The molecule has 0 saturated carbocycles. The minimum Gasteiger partial charge on any atom is -0.493 e. The van der Waals surface area contributed by atoms with E-state index < -0.39 is 0 Å². The first-order valence-corrected chi connectivity index (χ1v) is 7.39. The number of nitrogens with one attached hydrogen (secondary N) is 1. The molecule has 5 nitrogen and oxygen atoms in total. The summed E-state index contributed by atoms with van der Waals surface area (Å²) in [5, 5.41) is 0. The van der Waals surface area contributed by atoms with Gasteiger partial charge in [-0.3, -0.25) is 4.90 Å². The summed E-state index contributed by atoms with van der Waals surface area (Å²) in [6, 6.07) is 6.00. The molecule has 0 bridgehead atoms. The number of hydrogen-bond donors (Lipinski definition) is 2. The van der Waals surface area contributed by atoms with Crippen molar-refractivity contribution < 1.29 is 4.74 Å². The molecule has 3 N–H and O–H groups in total. The van der Waals surface area contributed by atoms with Crippen LogP contribution in [0.4, 0.5) is 0 Å². The first kappa shape index (κ1) is 13.4. The Kier molecular flexibility index (Phi) is 4.18. The van der Waals surface area contributed by atoms with Crippen LogP contribution in [0, 0.1) is 0 Å². The van der Waals surface area contributed by atoms with E-state index in [0.717, 1.165) is 35.6 Å². The number of imidazole rings is 1. The summed E-state index contributed by atoms with van der Waals surface area (Å²) >= 11 is 0. The number of H-pyrrole nitrogens is 1. The number of hydrogen-bond acceptors (Lipinski definition) is 4. The molecule has 0 amide bonds. The highest BCUT2D eigenvalue weighted by molar-refractivity contribution is 5.76. The Hall–Kier alpha value is -1.59. The third kappa shape index (κ3) is 3.11. The van der Waals surface area contributed by atoms with Crippen LogP contribution in [-0.4, -0.2) is 41.1 Å². The number of nitrogens with zero attached hydrogens (tertiary/aromatic N) is 2. The molecule has 20 heavy (non-hydrogen) atoms. The van der Waals surface area contributed by atoms with Gasteiger partial charge in [0.1, 0.15) is 11.6 Å². The maximum absolute atomic E-state index is 5.66. The van der Waals surface area contributed by atoms with Gasteiger partial charge in [0, 0.05) is 6.07 Å². The Morgan fingerprint density at radius 2 is 2.15 bits per heavy atom. The molecular weight excluding hydrogens is 252 g/mol. The zero-order valence-corrected chi connectivity index (χ0v) is 11.8. The zero-order chi connectivity index (χ0) is 13.8. The molecule has 0 radical (unpaired) electrons. The van der Waals surface area contributed by atoms with E-state index in [9.17, 15) is 0 Å². The van der Waals surface area contributed by atoms with E-state index >= 15 is 0 Å². The number of nitrogens with two attached hydrogens (primary N) is 1. The Balaban J connectivity index is 1.69. The summed E-state index contributed by atoms with van der Waals surface area (Å²) in [6.45, 7) is 4.61. The molecule has 0 atom stereocenters. The number of rotatable bonds is 6. The molecular formula is C15H22N4O. The molecule has 1 fully saturated rings. The summed E-state index contributed by atoms with van der Waals surface area (Å²) in [4.78, 5) is 10.5. The van der Waals surface area contributed by atoms with E-state index in [0.29, 0.717) is 13.2 Å². The molecule has 0 unspecified atom stereocenters. The normalized spacial score (nSPS) is 16.1. The van der Waals surface area contributed by atoms with Crippen LogP contribution < -0.4 is 10.5 Å². The minimum atomic E-state index is 0.659. The monoisotopic (exact) mass is 274 g/mol. The Bertz CT molecular complexity index is 560. The predicted octanol–water partition coefficient (Wildman–Crippen LogP) is 1.89. The second-order valence-electron chi connectivity index (χ2n) is 5.34. The van der Waals surface area contributed by atoms with Crippen molar-refractivity contribution in [3.05, 3.63) is 24.0 Å². The molecule has 0 spiro atoms. The lowest BCUT2D eigenvalue weighted by atomic mass is 10.3. The highest BCUT2D eigenvalue weighted by atomic mass is 16.5. The molecule has 0 aliphatic carbocycles. The molecule has 2 heterocycles. The third-order valence-corrected chi connectivity index (χ3v) is 3.69. The highest BCUT2D eigenvalue weighted by Crippen LogP contribution is 2.20. The van der Waals surface area contributed by atoms with Gasteiger partial charge in [-0.05, 0) is 51.0 Å². The third-order valence-electron chi connectivity index (χ3n) is 3.69. The van der Waals surface area contributed by atoms with Gasteiger partial charge in [0.25, 0.3) is 0 Å². The van der Waals surface area contributed by atoms with Crippen LogP contribution >= 0.6 is 0 Å². The molecule has 108 valence electrons. The van der Waals surface area contributed by atoms with E-state index in [2.05, 4.69) is 14.9 Å². The number of aromatic nitrogens is 2. The maximum Gasteiger partial charge on any atom is 0.121 e. The molecule has 1 saturated heterocycles. The van der Waals surface area contributed by atoms with Gasteiger partial charge in [-0.2, -0.15) is 0 Å². The van der Waals surface area contributed by atoms with Crippen LogP contribution in [0.25, 0.3) is 11.0 Å². The van der Waals surface area contributed by atoms with Crippen molar-refractivity contribution in [3.63, 3.8) is 0 Å². The van der Waals surface area contributed by atoms with E-state index in [1.165, 1.54) is 25.9 Å². The van der Waals surface area contributed by atoms with Crippen LogP contribution in [0.1, 0.15) is 25.1 Å². The molecule has 1 aromatic heterocycles. The lowest BCUT2D eigenvalue weighted by Gasteiger charge is -2.11. The largest absolute Gasteiger partial charge is 0.493 e. The first-order valence-electron chi connectivity index (χ1n) is 7.39. The molecule has 2 aromatic rings. The standard InChI is InChI=1S/C15H22N4O/c16-6-3-9-20-12-4-5-13-14(10-12)18-15(17-13)11-19-7-1-2-8-19/h4-5,10H,1-3,6-9,11,16H2,(H,17,18). The smallest absolute Gasteiger partial charge is 0.121 e. The zero-order valence-electron chi connectivity index (χ0n) is 11.8. The molecule has 1 aliphatic heterocycles. The second kappa shape index (κ2) is 6.24. The number of benzene rings is 1. The highest BCUT2D eigenvalue weighted by Gasteiger charge is 2.13. The van der Waals surface area contributed by atoms with Crippen LogP contribution in [0.15, 0.2) is 18.2 Å². The van der Waals surface area contributed by atoms with Crippen molar-refractivity contribution in [2.75, 3.05) is 26.2 Å². The van der Waals surface area contributed by atoms with Crippen LogP contribution in [0.2, 0.25) is 0 Å². The fourth-order valence-electron chi connectivity index (χ4n) is 2.63. The molecule has 1 aromatic carbocycles. The number of fused-ring (bicyclic) bond motifs is 1. The van der Waals surface area contributed by atoms with E-state index in [4.69, 9.17) is 10.5 Å². The topological polar surface area (TPSA) is 67.2 Å².